The van der Waals surface area contributed by atoms with Crippen molar-refractivity contribution in [3.05, 3.63) is 42.0 Å². The fraction of sp³-hybridized carbons (Fsp3) is 0.455. The Morgan fingerprint density at radius 1 is 1.04 bits per heavy atom. The smallest absolute Gasteiger partial charge is 0.333 e. The number of carbonyl (C=O) groups excluding carboxylic acids is 1. The minimum Gasteiger partial charge on any atom is -0.493 e. The molecule has 1 aromatic rings. The van der Waals surface area contributed by atoms with Gasteiger partial charge in [-0.15, -0.1) is 0 Å². The van der Waals surface area contributed by atoms with Crippen LogP contribution >= 0.6 is 0 Å². The molecule has 0 fully saturated rings. The Balaban J connectivity index is 2.18. The van der Waals surface area contributed by atoms with Crippen molar-refractivity contribution in [2.75, 3.05) is 20.3 Å². The molecule has 0 atom stereocenters. The van der Waals surface area contributed by atoms with Crippen molar-refractivity contribution in [1.82, 2.24) is 0 Å². The molecule has 0 amide bonds. The highest BCUT2D eigenvalue weighted by Gasteiger charge is 2.05. The highest BCUT2D eigenvalue weighted by atomic mass is 16.5. The number of hydrogen-bond acceptors (Lipinski definition) is 5. The first-order valence-corrected chi connectivity index (χ1v) is 9.48. The molecule has 0 saturated heterocycles. The summed E-state index contributed by atoms with van der Waals surface area (Å²) < 4.78 is 16.1. The van der Waals surface area contributed by atoms with E-state index in [1.165, 1.54) is 6.08 Å². The summed E-state index contributed by atoms with van der Waals surface area (Å²) in [6.07, 6.45) is 8.70. The van der Waals surface area contributed by atoms with Gasteiger partial charge in [0.15, 0.2) is 11.5 Å². The summed E-state index contributed by atoms with van der Waals surface area (Å²) in [6, 6.07) is 5.32. The van der Waals surface area contributed by atoms with Gasteiger partial charge in [0, 0.05) is 11.6 Å². The zero-order chi connectivity index (χ0) is 20.8. The molecule has 0 aliphatic carbocycles. The zero-order valence-electron chi connectivity index (χ0n) is 16.7. The van der Waals surface area contributed by atoms with Gasteiger partial charge in [-0.2, -0.15) is 0 Å². The second kappa shape index (κ2) is 13.4. The van der Waals surface area contributed by atoms with E-state index in [1.54, 1.807) is 32.2 Å². The summed E-state index contributed by atoms with van der Waals surface area (Å²) in [5.41, 5.74) is 1.17. The van der Waals surface area contributed by atoms with E-state index in [0.29, 0.717) is 30.3 Å². The number of aliphatic carboxylic acids is 1. The minimum absolute atomic E-state index is 0.321. The summed E-state index contributed by atoms with van der Waals surface area (Å²) >= 11 is 0. The summed E-state index contributed by atoms with van der Waals surface area (Å²) in [5.74, 6) is -0.0863. The second-order valence-corrected chi connectivity index (χ2v) is 6.47. The Kier molecular flexibility index (Phi) is 11.2. The summed E-state index contributed by atoms with van der Waals surface area (Å²) in [5, 5.41) is 8.68. The van der Waals surface area contributed by atoms with Crippen molar-refractivity contribution in [2.45, 2.75) is 45.4 Å². The number of ether oxygens (including phenoxy) is 3. The van der Waals surface area contributed by atoms with Crippen LogP contribution in [0.3, 0.4) is 0 Å². The van der Waals surface area contributed by atoms with Crippen molar-refractivity contribution in [1.29, 1.82) is 0 Å². The fourth-order valence-electron chi connectivity index (χ4n) is 2.46. The molecule has 1 N–H and O–H groups in total. The highest BCUT2D eigenvalue weighted by molar-refractivity contribution is 5.87. The third-order valence-electron chi connectivity index (χ3n) is 3.98. The van der Waals surface area contributed by atoms with Crippen molar-refractivity contribution in [3.63, 3.8) is 0 Å². The largest absolute Gasteiger partial charge is 0.493 e. The molecule has 6 nitrogen and oxygen atoms in total. The van der Waals surface area contributed by atoms with Crippen molar-refractivity contribution in [3.8, 4) is 11.5 Å². The van der Waals surface area contributed by atoms with Crippen LogP contribution in [0.2, 0.25) is 0 Å². The number of carboxylic acid groups (broad SMARTS) is 1. The summed E-state index contributed by atoms with van der Waals surface area (Å²) in [4.78, 5) is 21.8. The van der Waals surface area contributed by atoms with Crippen LogP contribution in [0.5, 0.6) is 11.5 Å². The summed E-state index contributed by atoms with van der Waals surface area (Å²) in [7, 11) is 1.56. The Labute approximate surface area is 166 Å². The molecule has 0 unspecified atom stereocenters. The number of esters is 1. The van der Waals surface area contributed by atoms with E-state index in [4.69, 9.17) is 19.3 Å². The van der Waals surface area contributed by atoms with Gasteiger partial charge in [0.2, 0.25) is 0 Å². The Hall–Kier alpha value is -2.76. The lowest BCUT2D eigenvalue weighted by atomic mass is 10.1. The van der Waals surface area contributed by atoms with E-state index >= 15 is 0 Å². The molecule has 154 valence electrons. The van der Waals surface area contributed by atoms with E-state index in [0.717, 1.165) is 50.2 Å². The molecule has 6 heteroatoms. The van der Waals surface area contributed by atoms with Gasteiger partial charge in [0.1, 0.15) is 0 Å². The van der Waals surface area contributed by atoms with Crippen molar-refractivity contribution < 1.29 is 28.9 Å². The van der Waals surface area contributed by atoms with Crippen LogP contribution in [-0.2, 0) is 14.3 Å². The molecule has 0 spiro atoms. The molecule has 0 bridgehead atoms. The normalized spacial score (nSPS) is 10.6. The number of carbonyl (C=O) groups is 2. The van der Waals surface area contributed by atoms with Crippen LogP contribution in [0.1, 0.15) is 51.0 Å². The maximum Gasteiger partial charge on any atom is 0.333 e. The molecule has 0 aromatic heterocycles. The predicted octanol–water partition coefficient (Wildman–Crippen LogP) is 4.63. The third-order valence-corrected chi connectivity index (χ3v) is 3.98. The topological polar surface area (TPSA) is 82.1 Å². The first kappa shape index (κ1) is 23.3. The number of carboxylic acids is 1. The number of hydrogen-bond donors (Lipinski definition) is 1. The number of rotatable bonds is 14. The molecular weight excluding hydrogens is 360 g/mol. The van der Waals surface area contributed by atoms with Crippen LogP contribution in [0.25, 0.3) is 6.08 Å². The van der Waals surface area contributed by atoms with Crippen molar-refractivity contribution in [2.24, 2.45) is 0 Å². The average Bonchev–Trinajstić information content (AvgIpc) is 2.67. The standard InChI is InChI=1S/C22H30O6/c1-17(2)22(25)28-15-9-7-5-4-6-8-14-27-19-12-10-18(11-13-21(23)24)16-20(19)26-3/h10-13,16H,1,4-9,14-15H2,2-3H3,(H,23,24)/b13-11+. The number of benzene rings is 1. The quantitative estimate of drug-likeness (QED) is 0.283. The molecule has 0 heterocycles. The maximum absolute atomic E-state index is 11.2. The molecular formula is C22H30O6. The predicted molar refractivity (Wildman–Crippen MR) is 109 cm³/mol. The average molecular weight is 390 g/mol. The molecule has 28 heavy (non-hydrogen) atoms. The molecule has 0 aliphatic heterocycles. The Morgan fingerprint density at radius 2 is 1.68 bits per heavy atom. The molecule has 0 radical (unpaired) electrons. The number of methoxy groups -OCH3 is 1. The van der Waals surface area contributed by atoms with Gasteiger partial charge in [-0.05, 0) is 43.5 Å². The van der Waals surface area contributed by atoms with Crippen LogP contribution in [-0.4, -0.2) is 37.4 Å². The van der Waals surface area contributed by atoms with Gasteiger partial charge in [0.05, 0.1) is 20.3 Å². The van der Waals surface area contributed by atoms with Gasteiger partial charge in [-0.3, -0.25) is 0 Å². The lowest BCUT2D eigenvalue weighted by molar-refractivity contribution is -0.139. The van der Waals surface area contributed by atoms with Gasteiger partial charge in [-0.25, -0.2) is 9.59 Å². The SMILES string of the molecule is C=C(C)C(=O)OCCCCCCCCOc1ccc(/C=C/C(=O)O)cc1OC. The van der Waals surface area contributed by atoms with Crippen LogP contribution in [0.4, 0.5) is 0 Å². The highest BCUT2D eigenvalue weighted by Crippen LogP contribution is 2.28. The van der Waals surface area contributed by atoms with Crippen LogP contribution in [0.15, 0.2) is 36.4 Å². The molecule has 1 rings (SSSR count). The van der Waals surface area contributed by atoms with Crippen LogP contribution < -0.4 is 9.47 Å². The van der Waals surface area contributed by atoms with Crippen molar-refractivity contribution >= 4 is 18.0 Å². The minimum atomic E-state index is -0.993. The fourth-order valence-corrected chi connectivity index (χ4v) is 2.46. The molecule has 0 saturated carbocycles. The van der Waals surface area contributed by atoms with E-state index in [-0.39, 0.29) is 5.97 Å². The van der Waals surface area contributed by atoms with Gasteiger partial charge in [0.25, 0.3) is 0 Å². The zero-order valence-corrected chi connectivity index (χ0v) is 16.7. The van der Waals surface area contributed by atoms with Gasteiger partial charge >= 0.3 is 11.9 Å². The van der Waals surface area contributed by atoms with E-state index in [2.05, 4.69) is 6.58 Å². The van der Waals surface area contributed by atoms with E-state index in [9.17, 15) is 9.59 Å². The molecule has 1 aromatic carbocycles. The monoisotopic (exact) mass is 390 g/mol. The first-order valence-electron chi connectivity index (χ1n) is 9.48. The van der Waals surface area contributed by atoms with E-state index in [1.807, 2.05) is 0 Å². The third kappa shape index (κ3) is 9.80. The molecule has 0 aliphatic rings. The van der Waals surface area contributed by atoms with E-state index < -0.39 is 5.97 Å². The van der Waals surface area contributed by atoms with Crippen LogP contribution in [0, 0.1) is 0 Å². The number of unbranched alkanes of at least 4 members (excludes halogenated alkanes) is 5. The second-order valence-electron chi connectivity index (χ2n) is 6.47. The Morgan fingerprint density at radius 3 is 2.29 bits per heavy atom. The Bertz CT molecular complexity index is 678. The lowest BCUT2D eigenvalue weighted by Gasteiger charge is -2.11. The summed E-state index contributed by atoms with van der Waals surface area (Å²) in [6.45, 7) is 6.23. The van der Waals surface area contributed by atoms with Gasteiger partial charge in [-0.1, -0.05) is 38.3 Å². The lowest BCUT2D eigenvalue weighted by Crippen LogP contribution is -2.06. The van der Waals surface area contributed by atoms with Gasteiger partial charge < -0.3 is 19.3 Å². The first-order chi connectivity index (χ1) is 13.4. The maximum atomic E-state index is 11.2.